The fourth-order valence-electron chi connectivity index (χ4n) is 12.0. The molecular formula is C58H64O4P2. The highest BCUT2D eigenvalue weighted by molar-refractivity contribution is 7.74. The lowest BCUT2D eigenvalue weighted by Crippen LogP contribution is -2.51. The van der Waals surface area contributed by atoms with Crippen LogP contribution in [0, 0.1) is 55.4 Å². The van der Waals surface area contributed by atoms with E-state index in [1.165, 1.54) is 65.7 Å². The Morgan fingerprint density at radius 1 is 0.422 bits per heavy atom. The first-order valence-corrected chi connectivity index (χ1v) is 26.0. The molecule has 6 aromatic carbocycles. The first-order valence-electron chi connectivity index (χ1n) is 23.2. The highest BCUT2D eigenvalue weighted by Gasteiger charge is 2.56. The average Bonchev–Trinajstić information content (AvgIpc) is 3.23. The van der Waals surface area contributed by atoms with Crippen molar-refractivity contribution in [2.24, 2.45) is 0 Å². The molecule has 2 fully saturated rings. The van der Waals surface area contributed by atoms with E-state index in [2.05, 4.69) is 152 Å². The zero-order valence-electron chi connectivity index (χ0n) is 39.0. The van der Waals surface area contributed by atoms with Crippen molar-refractivity contribution in [2.45, 2.75) is 129 Å². The monoisotopic (exact) mass is 886 g/mol. The zero-order valence-corrected chi connectivity index (χ0v) is 40.8. The van der Waals surface area contributed by atoms with E-state index in [0.717, 1.165) is 60.8 Å². The summed E-state index contributed by atoms with van der Waals surface area (Å²) in [6.07, 6.45) is 6.11. The quantitative estimate of drug-likeness (QED) is 0.127. The molecule has 0 aliphatic heterocycles. The van der Waals surface area contributed by atoms with Gasteiger partial charge in [0.05, 0.1) is 0 Å². The standard InChI is InChI=1S/C58H64O4P2/c1-37-25-38(2)30-45(29-37)63(46-31-39(3)26-40(4)32-46)53-21-13-15-23-57(53,55(59)60)51-19-11-9-17-49(51)50-18-10-12-20-52(50)58(56(61)62)24-16-14-22-54(58)64(47-33-41(5)27-42(6)34-47)48-35-43(7)28-44(8)36-48/h9-12,17-20,25-36,53-54H,13-16,21-24H2,1-8H3,(H,59,60)(H,61,62). The van der Waals surface area contributed by atoms with E-state index in [1.54, 1.807) is 0 Å². The van der Waals surface area contributed by atoms with E-state index in [9.17, 15) is 19.8 Å². The molecule has 2 aliphatic rings. The molecule has 2 saturated carbocycles. The fraction of sp³-hybridized carbons (Fsp3) is 0.345. The number of carboxylic acids is 2. The van der Waals surface area contributed by atoms with Gasteiger partial charge < -0.3 is 10.2 Å². The molecule has 0 radical (unpaired) electrons. The van der Waals surface area contributed by atoms with Crippen LogP contribution in [0.25, 0.3) is 11.1 Å². The van der Waals surface area contributed by atoms with Gasteiger partial charge >= 0.3 is 11.9 Å². The summed E-state index contributed by atoms with van der Waals surface area (Å²) in [6, 6.07) is 43.5. The lowest BCUT2D eigenvalue weighted by Gasteiger charge is -2.48. The van der Waals surface area contributed by atoms with Crippen LogP contribution in [0.4, 0.5) is 0 Å². The van der Waals surface area contributed by atoms with Crippen LogP contribution in [-0.4, -0.2) is 33.5 Å². The molecule has 4 unspecified atom stereocenters. The number of hydrogen-bond acceptors (Lipinski definition) is 2. The van der Waals surface area contributed by atoms with Crippen molar-refractivity contribution in [3.63, 3.8) is 0 Å². The molecular weight excluding hydrogens is 823 g/mol. The highest BCUT2D eigenvalue weighted by atomic mass is 31.1. The van der Waals surface area contributed by atoms with Crippen molar-refractivity contribution in [3.8, 4) is 11.1 Å². The van der Waals surface area contributed by atoms with E-state index in [-0.39, 0.29) is 11.3 Å². The van der Waals surface area contributed by atoms with Gasteiger partial charge in [0, 0.05) is 11.3 Å². The Morgan fingerprint density at radius 3 is 0.953 bits per heavy atom. The summed E-state index contributed by atoms with van der Waals surface area (Å²) in [4.78, 5) is 29.5. The normalized spacial score (nSPS) is 21.3. The maximum absolute atomic E-state index is 14.7. The minimum absolute atomic E-state index is 0.206. The van der Waals surface area contributed by atoms with Crippen LogP contribution < -0.4 is 21.2 Å². The first-order chi connectivity index (χ1) is 30.6. The summed E-state index contributed by atoms with van der Waals surface area (Å²) in [5, 5.41) is 29.0. The van der Waals surface area contributed by atoms with Crippen LogP contribution in [0.5, 0.6) is 0 Å². The van der Waals surface area contributed by atoms with E-state index >= 15 is 0 Å². The molecule has 8 rings (SSSR count). The SMILES string of the molecule is Cc1cc(C)cc(P(c2cc(C)cc(C)c2)C2CCCCC2(C(=O)O)c2ccccc2-c2ccccc2C2(C(=O)O)CCCCC2P(c2cc(C)cc(C)c2)c2cc(C)cc(C)c2)c1. The molecule has 0 aromatic heterocycles. The Bertz CT molecular complexity index is 2370. The minimum Gasteiger partial charge on any atom is -0.481 e. The Labute approximate surface area is 384 Å². The van der Waals surface area contributed by atoms with E-state index < -0.39 is 38.6 Å². The number of carbonyl (C=O) groups is 2. The fourth-order valence-corrected chi connectivity index (χ4v) is 19.3. The number of benzene rings is 6. The second-order valence-electron chi connectivity index (χ2n) is 19.3. The molecule has 0 amide bonds. The van der Waals surface area contributed by atoms with Gasteiger partial charge in [-0.3, -0.25) is 9.59 Å². The van der Waals surface area contributed by atoms with Gasteiger partial charge in [-0.1, -0.05) is 192 Å². The van der Waals surface area contributed by atoms with Gasteiger partial charge in [-0.15, -0.1) is 0 Å². The molecule has 6 heteroatoms. The number of hydrogen-bond donors (Lipinski definition) is 2. The summed E-state index contributed by atoms with van der Waals surface area (Å²) in [5.74, 6) is -1.58. The summed E-state index contributed by atoms with van der Waals surface area (Å²) in [7, 11) is -2.30. The van der Waals surface area contributed by atoms with Gasteiger partial charge in [0.2, 0.25) is 0 Å². The number of rotatable bonds is 11. The Balaban J connectivity index is 1.38. The molecule has 0 saturated heterocycles. The Hall–Kier alpha value is -4.88. The van der Waals surface area contributed by atoms with Gasteiger partial charge in [-0.2, -0.15) is 0 Å². The molecule has 330 valence electrons. The smallest absolute Gasteiger partial charge is 0.314 e. The van der Waals surface area contributed by atoms with Crippen LogP contribution in [0.1, 0.15) is 107 Å². The summed E-state index contributed by atoms with van der Waals surface area (Å²) < 4.78 is 0. The lowest BCUT2D eigenvalue weighted by molar-refractivity contribution is -0.146. The number of aryl methyl sites for hydroxylation is 8. The van der Waals surface area contributed by atoms with E-state index in [1.807, 2.05) is 24.3 Å². The molecule has 64 heavy (non-hydrogen) atoms. The summed E-state index contributed by atoms with van der Waals surface area (Å²) >= 11 is 0. The van der Waals surface area contributed by atoms with Crippen molar-refractivity contribution in [2.75, 3.05) is 0 Å². The molecule has 2 N–H and O–H groups in total. The predicted octanol–water partition coefficient (Wildman–Crippen LogP) is 12.6. The van der Waals surface area contributed by atoms with Crippen molar-refractivity contribution in [3.05, 3.63) is 177 Å². The Morgan fingerprint density at radius 2 is 0.688 bits per heavy atom. The van der Waals surface area contributed by atoms with Crippen LogP contribution in [0.3, 0.4) is 0 Å². The minimum atomic E-state index is -1.23. The van der Waals surface area contributed by atoms with Gasteiger partial charge in [0.25, 0.3) is 0 Å². The lowest BCUT2D eigenvalue weighted by atomic mass is 9.64. The first kappa shape index (κ1) is 45.7. The van der Waals surface area contributed by atoms with Crippen LogP contribution >= 0.6 is 15.8 Å². The van der Waals surface area contributed by atoms with Crippen LogP contribution in [-0.2, 0) is 20.4 Å². The molecule has 2 aliphatic carbocycles. The van der Waals surface area contributed by atoms with Gasteiger partial charge in [-0.05, 0) is 140 Å². The topological polar surface area (TPSA) is 74.6 Å². The largest absolute Gasteiger partial charge is 0.481 e. The molecule has 4 atom stereocenters. The second-order valence-corrected chi connectivity index (χ2v) is 24.1. The van der Waals surface area contributed by atoms with Gasteiger partial charge in [0.1, 0.15) is 10.8 Å². The molecule has 0 spiro atoms. The van der Waals surface area contributed by atoms with Crippen LogP contribution in [0.2, 0.25) is 0 Å². The number of aliphatic carboxylic acids is 2. The molecule has 4 nitrogen and oxygen atoms in total. The van der Waals surface area contributed by atoms with Crippen LogP contribution in [0.15, 0.2) is 121 Å². The summed E-state index contributed by atoms with van der Waals surface area (Å²) in [6.45, 7) is 17.2. The highest BCUT2D eigenvalue weighted by Crippen LogP contribution is 2.60. The van der Waals surface area contributed by atoms with Crippen molar-refractivity contribution >= 4 is 49.0 Å². The van der Waals surface area contributed by atoms with Gasteiger partial charge in [-0.25, -0.2) is 0 Å². The molecule has 0 heterocycles. The number of carboxylic acid groups (broad SMARTS) is 2. The molecule has 6 aromatic rings. The van der Waals surface area contributed by atoms with Gasteiger partial charge in [0.15, 0.2) is 0 Å². The van der Waals surface area contributed by atoms with E-state index in [4.69, 9.17) is 0 Å². The van der Waals surface area contributed by atoms with Crippen molar-refractivity contribution < 1.29 is 19.8 Å². The average molecular weight is 887 g/mol. The second kappa shape index (κ2) is 18.5. The third kappa shape index (κ3) is 8.54. The van der Waals surface area contributed by atoms with Crippen molar-refractivity contribution in [1.82, 2.24) is 0 Å². The third-order valence-electron chi connectivity index (χ3n) is 14.2. The predicted molar refractivity (Wildman–Crippen MR) is 271 cm³/mol. The maximum Gasteiger partial charge on any atom is 0.314 e. The maximum atomic E-state index is 14.7. The Kier molecular flexibility index (Phi) is 13.2. The zero-order chi connectivity index (χ0) is 45.5. The van der Waals surface area contributed by atoms with E-state index in [0.29, 0.717) is 12.8 Å². The molecule has 0 bridgehead atoms. The third-order valence-corrected chi connectivity index (χ3v) is 20.1. The summed E-state index contributed by atoms with van der Waals surface area (Å²) in [5.41, 5.74) is 9.88. The van der Waals surface area contributed by atoms with Crippen molar-refractivity contribution in [1.29, 1.82) is 0 Å².